The zero-order chi connectivity index (χ0) is 11.8. The Morgan fingerprint density at radius 3 is 2.69 bits per heavy atom. The molecular weight excluding hydrogens is 202 g/mol. The summed E-state index contributed by atoms with van der Waals surface area (Å²) >= 11 is 0. The number of benzene rings is 1. The van der Waals surface area contributed by atoms with Crippen LogP contribution in [0, 0.1) is 0 Å². The number of fused-ring (bicyclic) bond motifs is 1. The summed E-state index contributed by atoms with van der Waals surface area (Å²) in [6.07, 6.45) is 1.71. The molecule has 0 fully saturated rings. The van der Waals surface area contributed by atoms with E-state index in [2.05, 4.69) is 5.32 Å². The van der Waals surface area contributed by atoms with Crippen molar-refractivity contribution in [2.75, 3.05) is 7.05 Å². The van der Waals surface area contributed by atoms with Crippen LogP contribution in [0.4, 0.5) is 0 Å². The number of hydrogen-bond donors (Lipinski definition) is 1. The van der Waals surface area contributed by atoms with Crippen molar-refractivity contribution >= 4 is 5.78 Å². The van der Waals surface area contributed by atoms with E-state index >= 15 is 0 Å². The minimum Gasteiger partial charge on any atom is -0.482 e. The molecule has 0 saturated carbocycles. The normalized spacial score (nSPS) is 20.2. The number of Topliss-reactive ketones (excluding diaryl/α,β-unsaturated/α-hetero) is 1. The van der Waals surface area contributed by atoms with Crippen LogP contribution in [0.5, 0.6) is 5.75 Å². The maximum Gasteiger partial charge on any atom is 0.198 e. The SMILES string of the molecule is CN/C=C1\C(=O)c2ccccc2OC1(C)C. The average molecular weight is 217 g/mol. The first-order valence-corrected chi connectivity index (χ1v) is 5.27. The van der Waals surface area contributed by atoms with Crippen molar-refractivity contribution in [2.45, 2.75) is 19.4 Å². The summed E-state index contributed by atoms with van der Waals surface area (Å²) in [5.74, 6) is 0.687. The van der Waals surface area contributed by atoms with Gasteiger partial charge in [-0.3, -0.25) is 4.79 Å². The van der Waals surface area contributed by atoms with Crippen LogP contribution in [0.15, 0.2) is 36.0 Å². The zero-order valence-electron chi connectivity index (χ0n) is 9.70. The van der Waals surface area contributed by atoms with E-state index in [4.69, 9.17) is 4.74 Å². The van der Waals surface area contributed by atoms with Crippen molar-refractivity contribution in [1.82, 2.24) is 5.32 Å². The van der Waals surface area contributed by atoms with Crippen molar-refractivity contribution in [3.63, 3.8) is 0 Å². The number of ether oxygens (including phenoxy) is 1. The fourth-order valence-corrected chi connectivity index (χ4v) is 1.88. The molecule has 1 aromatic rings. The first-order chi connectivity index (χ1) is 7.56. The van der Waals surface area contributed by atoms with E-state index in [0.717, 1.165) is 0 Å². The van der Waals surface area contributed by atoms with Gasteiger partial charge >= 0.3 is 0 Å². The molecule has 84 valence electrons. The number of carbonyl (C=O) groups excluding carboxylic acids is 1. The highest BCUT2D eigenvalue weighted by atomic mass is 16.5. The molecule has 1 N–H and O–H groups in total. The molecule has 0 atom stereocenters. The molecule has 1 aromatic carbocycles. The highest BCUT2D eigenvalue weighted by Gasteiger charge is 2.37. The van der Waals surface area contributed by atoms with E-state index in [1.807, 2.05) is 32.0 Å². The highest BCUT2D eigenvalue weighted by Crippen LogP contribution is 2.35. The Kier molecular flexibility index (Phi) is 2.46. The molecule has 16 heavy (non-hydrogen) atoms. The third kappa shape index (κ3) is 1.58. The Hall–Kier alpha value is -1.77. The molecule has 0 aromatic heterocycles. The molecule has 0 unspecified atom stereocenters. The van der Waals surface area contributed by atoms with Gasteiger partial charge in [-0.05, 0) is 26.0 Å². The molecule has 0 radical (unpaired) electrons. The van der Waals surface area contributed by atoms with Gasteiger partial charge in [0.15, 0.2) is 5.78 Å². The predicted octanol–water partition coefficient (Wildman–Crippen LogP) is 2.14. The fraction of sp³-hybridized carbons (Fsp3) is 0.308. The average Bonchev–Trinajstić information content (AvgIpc) is 2.23. The van der Waals surface area contributed by atoms with Gasteiger partial charge in [0.1, 0.15) is 11.4 Å². The highest BCUT2D eigenvalue weighted by molar-refractivity contribution is 6.12. The van der Waals surface area contributed by atoms with Crippen LogP contribution in [0.3, 0.4) is 0 Å². The second-order valence-electron chi connectivity index (χ2n) is 4.28. The number of hydrogen-bond acceptors (Lipinski definition) is 3. The first kappa shape index (κ1) is 10.7. The molecular formula is C13H15NO2. The molecule has 2 rings (SSSR count). The summed E-state index contributed by atoms with van der Waals surface area (Å²) < 4.78 is 5.83. The Morgan fingerprint density at radius 2 is 2.00 bits per heavy atom. The van der Waals surface area contributed by atoms with Crippen molar-refractivity contribution in [3.05, 3.63) is 41.6 Å². The molecule has 0 spiro atoms. The number of carbonyl (C=O) groups is 1. The van der Waals surface area contributed by atoms with Crippen LogP contribution < -0.4 is 10.1 Å². The Labute approximate surface area is 95.1 Å². The van der Waals surface area contributed by atoms with Crippen LogP contribution in [-0.4, -0.2) is 18.4 Å². The molecule has 0 amide bonds. The van der Waals surface area contributed by atoms with Gasteiger partial charge in [0, 0.05) is 13.2 Å². The van der Waals surface area contributed by atoms with Crippen LogP contribution in [-0.2, 0) is 0 Å². The number of nitrogens with one attached hydrogen (secondary N) is 1. The molecule has 0 aliphatic carbocycles. The van der Waals surface area contributed by atoms with Crippen molar-refractivity contribution in [2.24, 2.45) is 0 Å². The zero-order valence-corrected chi connectivity index (χ0v) is 9.70. The molecule has 3 heteroatoms. The van der Waals surface area contributed by atoms with Crippen LogP contribution in [0.1, 0.15) is 24.2 Å². The summed E-state index contributed by atoms with van der Waals surface area (Å²) in [6, 6.07) is 7.33. The maximum absolute atomic E-state index is 12.2. The smallest absolute Gasteiger partial charge is 0.198 e. The van der Waals surface area contributed by atoms with Gasteiger partial charge in [0.05, 0.1) is 11.1 Å². The first-order valence-electron chi connectivity index (χ1n) is 5.27. The second kappa shape index (κ2) is 3.67. The molecule has 1 heterocycles. The number of ketones is 1. The minimum absolute atomic E-state index is 0.0289. The van der Waals surface area contributed by atoms with Gasteiger partial charge in [-0.1, -0.05) is 12.1 Å². The predicted molar refractivity (Wildman–Crippen MR) is 62.6 cm³/mol. The van der Waals surface area contributed by atoms with Gasteiger partial charge in [-0.25, -0.2) is 0 Å². The van der Waals surface area contributed by atoms with Crippen molar-refractivity contribution < 1.29 is 9.53 Å². The van der Waals surface area contributed by atoms with E-state index in [9.17, 15) is 4.79 Å². The molecule has 1 aliphatic rings. The van der Waals surface area contributed by atoms with E-state index in [-0.39, 0.29) is 5.78 Å². The lowest BCUT2D eigenvalue weighted by Crippen LogP contribution is -2.39. The fourth-order valence-electron chi connectivity index (χ4n) is 1.88. The number of para-hydroxylation sites is 1. The Balaban J connectivity index is 2.56. The van der Waals surface area contributed by atoms with E-state index in [1.165, 1.54) is 0 Å². The quantitative estimate of drug-likeness (QED) is 0.732. The Bertz CT molecular complexity index is 461. The molecule has 0 bridgehead atoms. The third-order valence-corrected chi connectivity index (χ3v) is 2.68. The van der Waals surface area contributed by atoms with Crippen LogP contribution >= 0.6 is 0 Å². The standard InChI is InChI=1S/C13H15NO2/c1-13(2)10(8-14-3)12(15)9-6-4-5-7-11(9)16-13/h4-8,14H,1-3H3/b10-8+. The summed E-state index contributed by atoms with van der Waals surface area (Å²) in [7, 11) is 1.77. The summed E-state index contributed by atoms with van der Waals surface area (Å²) in [6.45, 7) is 3.79. The summed E-state index contributed by atoms with van der Waals surface area (Å²) in [4.78, 5) is 12.2. The lowest BCUT2D eigenvalue weighted by atomic mass is 9.88. The molecule has 3 nitrogen and oxygen atoms in total. The van der Waals surface area contributed by atoms with E-state index < -0.39 is 5.60 Å². The molecule has 1 aliphatic heterocycles. The lowest BCUT2D eigenvalue weighted by molar-refractivity contribution is 0.0854. The van der Waals surface area contributed by atoms with E-state index in [1.54, 1.807) is 19.3 Å². The number of rotatable bonds is 1. The van der Waals surface area contributed by atoms with Gasteiger partial charge < -0.3 is 10.1 Å². The van der Waals surface area contributed by atoms with Gasteiger partial charge in [-0.15, -0.1) is 0 Å². The van der Waals surface area contributed by atoms with E-state index in [0.29, 0.717) is 16.9 Å². The maximum atomic E-state index is 12.2. The topological polar surface area (TPSA) is 38.3 Å². The largest absolute Gasteiger partial charge is 0.482 e. The second-order valence-corrected chi connectivity index (χ2v) is 4.28. The van der Waals surface area contributed by atoms with Gasteiger partial charge in [-0.2, -0.15) is 0 Å². The molecule has 0 saturated heterocycles. The third-order valence-electron chi connectivity index (χ3n) is 2.68. The van der Waals surface area contributed by atoms with Crippen LogP contribution in [0.25, 0.3) is 0 Å². The van der Waals surface area contributed by atoms with Gasteiger partial charge in [0.2, 0.25) is 0 Å². The summed E-state index contributed by atoms with van der Waals surface area (Å²) in [5, 5.41) is 2.89. The minimum atomic E-state index is -0.589. The Morgan fingerprint density at radius 1 is 1.31 bits per heavy atom. The summed E-state index contributed by atoms with van der Waals surface area (Å²) in [5.41, 5.74) is 0.686. The van der Waals surface area contributed by atoms with Crippen LogP contribution in [0.2, 0.25) is 0 Å². The van der Waals surface area contributed by atoms with Crippen molar-refractivity contribution in [1.29, 1.82) is 0 Å². The van der Waals surface area contributed by atoms with Gasteiger partial charge in [0.25, 0.3) is 0 Å². The lowest BCUT2D eigenvalue weighted by Gasteiger charge is -2.33. The van der Waals surface area contributed by atoms with Crippen molar-refractivity contribution in [3.8, 4) is 5.75 Å². The monoisotopic (exact) mass is 217 g/mol.